The summed E-state index contributed by atoms with van der Waals surface area (Å²) < 4.78 is 33.2. The van der Waals surface area contributed by atoms with Gasteiger partial charge in [-0.2, -0.15) is 9.40 Å². The highest BCUT2D eigenvalue weighted by atomic mass is 32.2. The summed E-state index contributed by atoms with van der Waals surface area (Å²) in [5.41, 5.74) is -0.118. The Kier molecular flexibility index (Phi) is 7.13. The van der Waals surface area contributed by atoms with Crippen molar-refractivity contribution >= 4 is 32.5 Å². The molecular formula is C25H27N3O6S. The topological polar surface area (TPSA) is 116 Å². The molecule has 0 aliphatic carbocycles. The molecule has 9 nitrogen and oxygen atoms in total. The molecule has 0 saturated carbocycles. The molecule has 1 aromatic heterocycles. The van der Waals surface area contributed by atoms with Gasteiger partial charge >= 0.3 is 5.97 Å². The Morgan fingerprint density at radius 1 is 1.00 bits per heavy atom. The third-order valence-electron chi connectivity index (χ3n) is 5.81. The van der Waals surface area contributed by atoms with Crippen molar-refractivity contribution in [1.29, 1.82) is 0 Å². The van der Waals surface area contributed by atoms with E-state index < -0.39 is 28.4 Å². The van der Waals surface area contributed by atoms with Crippen molar-refractivity contribution < 1.29 is 22.7 Å². The number of esters is 1. The Morgan fingerprint density at radius 3 is 2.26 bits per heavy atom. The number of hydrogen-bond donors (Lipinski definition) is 0. The summed E-state index contributed by atoms with van der Waals surface area (Å²) in [5, 5.41) is 4.91. The van der Waals surface area contributed by atoms with Crippen LogP contribution in [0.25, 0.3) is 10.8 Å². The number of carbonyl (C=O) groups excluding carboxylic acids is 2. The molecule has 1 aliphatic heterocycles. The van der Waals surface area contributed by atoms with Gasteiger partial charge in [0.1, 0.15) is 0 Å². The second kappa shape index (κ2) is 10.1. The molecule has 0 unspecified atom stereocenters. The fourth-order valence-corrected chi connectivity index (χ4v) is 5.55. The molecule has 10 heteroatoms. The van der Waals surface area contributed by atoms with Crippen LogP contribution in [-0.2, 0) is 21.3 Å². The number of ether oxygens (including phenoxy) is 1. The van der Waals surface area contributed by atoms with E-state index in [0.717, 1.165) is 12.8 Å². The summed E-state index contributed by atoms with van der Waals surface area (Å²) in [6, 6.07) is 12.2. The van der Waals surface area contributed by atoms with Gasteiger partial charge in [-0.1, -0.05) is 32.0 Å². The van der Waals surface area contributed by atoms with Gasteiger partial charge in [0.15, 0.2) is 18.1 Å². The van der Waals surface area contributed by atoms with Crippen LogP contribution in [0, 0.1) is 5.92 Å². The third kappa shape index (κ3) is 5.18. The van der Waals surface area contributed by atoms with Gasteiger partial charge < -0.3 is 4.74 Å². The third-order valence-corrected chi connectivity index (χ3v) is 7.73. The van der Waals surface area contributed by atoms with Crippen LogP contribution in [0.4, 0.5) is 0 Å². The minimum absolute atomic E-state index is 0.0410. The number of fused-ring (bicyclic) bond motifs is 1. The average Bonchev–Trinajstić information content (AvgIpc) is 3.40. The molecular weight excluding hydrogens is 470 g/mol. The number of Topliss-reactive ketones (excluding diaryl/α,β-unsaturated/α-hetero) is 1. The number of sulfonamides is 1. The summed E-state index contributed by atoms with van der Waals surface area (Å²) >= 11 is 0. The summed E-state index contributed by atoms with van der Waals surface area (Å²) in [4.78, 5) is 38.3. The summed E-state index contributed by atoms with van der Waals surface area (Å²) in [6.07, 6.45) is 1.67. The van der Waals surface area contributed by atoms with E-state index in [4.69, 9.17) is 4.74 Å². The van der Waals surface area contributed by atoms with Crippen LogP contribution in [0.2, 0.25) is 0 Å². The molecule has 0 amide bonds. The van der Waals surface area contributed by atoms with Crippen LogP contribution in [0.3, 0.4) is 0 Å². The maximum Gasteiger partial charge on any atom is 0.359 e. The number of carbonyl (C=O) groups is 2. The van der Waals surface area contributed by atoms with E-state index in [9.17, 15) is 22.8 Å². The first-order valence-corrected chi connectivity index (χ1v) is 12.9. The van der Waals surface area contributed by atoms with Crippen molar-refractivity contribution in [3.8, 4) is 0 Å². The molecule has 0 N–H and O–H groups in total. The molecule has 184 valence electrons. The first kappa shape index (κ1) is 24.7. The smallest absolute Gasteiger partial charge is 0.359 e. The zero-order valence-electron chi connectivity index (χ0n) is 19.6. The van der Waals surface area contributed by atoms with Crippen molar-refractivity contribution in [3.63, 3.8) is 0 Å². The highest BCUT2D eigenvalue weighted by molar-refractivity contribution is 7.89. The first-order chi connectivity index (χ1) is 16.7. The molecule has 1 saturated heterocycles. The fourth-order valence-electron chi connectivity index (χ4n) is 4.03. The van der Waals surface area contributed by atoms with Crippen LogP contribution in [0.5, 0.6) is 0 Å². The van der Waals surface area contributed by atoms with Crippen molar-refractivity contribution in [2.45, 2.75) is 38.1 Å². The Hall–Kier alpha value is -3.37. The van der Waals surface area contributed by atoms with Crippen LogP contribution in [0.15, 0.2) is 58.2 Å². The van der Waals surface area contributed by atoms with Gasteiger partial charge in [-0.25, -0.2) is 17.9 Å². The van der Waals surface area contributed by atoms with Gasteiger partial charge in [0.05, 0.1) is 10.3 Å². The average molecular weight is 498 g/mol. The van der Waals surface area contributed by atoms with E-state index in [1.807, 2.05) is 13.8 Å². The number of benzene rings is 2. The minimum atomic E-state index is -3.58. The van der Waals surface area contributed by atoms with Gasteiger partial charge in [-0.15, -0.1) is 0 Å². The van der Waals surface area contributed by atoms with Crippen LogP contribution >= 0.6 is 0 Å². The minimum Gasteiger partial charge on any atom is -0.452 e. The molecule has 0 bridgehead atoms. The van der Waals surface area contributed by atoms with Crippen molar-refractivity contribution in [3.05, 3.63) is 70.1 Å². The van der Waals surface area contributed by atoms with Gasteiger partial charge in [-0.3, -0.25) is 9.59 Å². The van der Waals surface area contributed by atoms with Crippen molar-refractivity contribution in [1.82, 2.24) is 14.1 Å². The zero-order chi connectivity index (χ0) is 25.2. The molecule has 1 fully saturated rings. The van der Waals surface area contributed by atoms with Crippen LogP contribution in [0.1, 0.15) is 47.5 Å². The second-order valence-corrected chi connectivity index (χ2v) is 10.8. The summed E-state index contributed by atoms with van der Waals surface area (Å²) in [7, 11) is -3.58. The van der Waals surface area contributed by atoms with Crippen LogP contribution in [-0.4, -0.2) is 54.0 Å². The van der Waals surface area contributed by atoms with E-state index in [1.54, 1.807) is 24.3 Å². The number of aromatic nitrogens is 2. The molecule has 0 atom stereocenters. The van der Waals surface area contributed by atoms with E-state index in [1.165, 1.54) is 33.3 Å². The number of rotatable bonds is 8. The lowest BCUT2D eigenvalue weighted by Gasteiger charge is -2.15. The van der Waals surface area contributed by atoms with E-state index >= 15 is 0 Å². The van der Waals surface area contributed by atoms with Crippen molar-refractivity contribution in [2.24, 2.45) is 5.92 Å². The van der Waals surface area contributed by atoms with E-state index in [-0.39, 0.29) is 27.6 Å². The molecule has 3 aromatic rings. The molecule has 35 heavy (non-hydrogen) atoms. The quantitative estimate of drug-likeness (QED) is 0.347. The lowest BCUT2D eigenvalue weighted by atomic mass is 10.1. The second-order valence-electron chi connectivity index (χ2n) is 8.91. The Bertz CT molecular complexity index is 1420. The Balaban J connectivity index is 1.50. The summed E-state index contributed by atoms with van der Waals surface area (Å²) in [6.45, 7) is 4.63. The normalized spacial score (nSPS) is 14.5. The Labute approximate surface area is 203 Å². The van der Waals surface area contributed by atoms with Gasteiger partial charge in [0.25, 0.3) is 5.56 Å². The maximum atomic E-state index is 12.8. The van der Waals surface area contributed by atoms with E-state index in [0.29, 0.717) is 30.4 Å². The van der Waals surface area contributed by atoms with Gasteiger partial charge in [0, 0.05) is 30.6 Å². The first-order valence-electron chi connectivity index (χ1n) is 11.5. The predicted molar refractivity (Wildman–Crippen MR) is 130 cm³/mol. The molecule has 0 spiro atoms. The molecule has 2 heterocycles. The monoisotopic (exact) mass is 497 g/mol. The Morgan fingerprint density at radius 2 is 1.63 bits per heavy atom. The highest BCUT2D eigenvalue weighted by Gasteiger charge is 2.27. The number of ketones is 1. The van der Waals surface area contributed by atoms with Gasteiger partial charge in [-0.05, 0) is 49.1 Å². The maximum absolute atomic E-state index is 12.8. The lowest BCUT2D eigenvalue weighted by molar-refractivity contribution is 0.0468. The molecule has 1 aliphatic rings. The molecule has 0 radical (unpaired) electrons. The van der Waals surface area contributed by atoms with Crippen LogP contribution < -0.4 is 5.56 Å². The standard InChI is InChI=1S/C25H27N3O6S/c1-17(2)15-28-24(30)21-8-4-3-7-20(21)23(26-28)25(31)34-16-22(29)18-9-11-19(12-10-18)35(32,33)27-13-5-6-14-27/h3-4,7-12,17H,5-6,13-16H2,1-2H3. The van der Waals surface area contributed by atoms with E-state index in [2.05, 4.69) is 5.10 Å². The van der Waals surface area contributed by atoms with Crippen molar-refractivity contribution in [2.75, 3.05) is 19.7 Å². The lowest BCUT2D eigenvalue weighted by Crippen LogP contribution is -2.28. The zero-order valence-corrected chi connectivity index (χ0v) is 20.5. The largest absolute Gasteiger partial charge is 0.452 e. The molecule has 2 aromatic carbocycles. The number of nitrogens with zero attached hydrogens (tertiary/aromatic N) is 3. The SMILES string of the molecule is CC(C)Cn1nc(C(=O)OCC(=O)c2ccc(S(=O)(=O)N3CCCC3)cc2)c2ccccc2c1=O. The predicted octanol–water partition coefficient (Wildman–Crippen LogP) is 2.88. The van der Waals surface area contributed by atoms with Gasteiger partial charge in [0.2, 0.25) is 10.0 Å². The summed E-state index contributed by atoms with van der Waals surface area (Å²) in [5.74, 6) is -1.17. The number of hydrogen-bond acceptors (Lipinski definition) is 7. The molecule has 4 rings (SSSR count). The fraction of sp³-hybridized carbons (Fsp3) is 0.360. The highest BCUT2D eigenvalue weighted by Crippen LogP contribution is 2.21.